The molecule has 45 heavy (non-hydrogen) atoms. The zero-order valence-corrected chi connectivity index (χ0v) is 25.0. The molecule has 4 atom stereocenters. The molecule has 5 aromatic rings. The minimum atomic E-state index is -2.91. The highest BCUT2D eigenvalue weighted by molar-refractivity contribution is 5.78. The van der Waals surface area contributed by atoms with E-state index < -0.39 is 35.9 Å². The molecule has 234 valence electrons. The van der Waals surface area contributed by atoms with E-state index in [1.807, 2.05) is 84.9 Å². The first kappa shape index (κ1) is 30.4. The lowest BCUT2D eigenvalue weighted by Crippen LogP contribution is -2.48. The number of halogens is 1. The minimum absolute atomic E-state index is 0.128. The van der Waals surface area contributed by atoms with Crippen LogP contribution >= 0.6 is 0 Å². The maximum Gasteiger partial charge on any atom is 0.263 e. The Hall–Kier alpha value is -4.62. The van der Waals surface area contributed by atoms with Gasteiger partial charge >= 0.3 is 0 Å². The minimum Gasteiger partial charge on any atom is -0.497 e. The number of hydrogen-bond donors (Lipinski definition) is 4. The van der Waals surface area contributed by atoms with Crippen LogP contribution in [0.3, 0.4) is 0 Å². The van der Waals surface area contributed by atoms with E-state index in [0.717, 1.165) is 16.7 Å². The third-order valence-electron chi connectivity index (χ3n) is 8.14. The highest BCUT2D eigenvalue weighted by atomic mass is 19.2. The average molecular weight is 616 g/mol. The predicted molar refractivity (Wildman–Crippen MR) is 164 cm³/mol. The van der Waals surface area contributed by atoms with Gasteiger partial charge in [-0.3, -0.25) is 4.57 Å². The number of anilines is 1. The van der Waals surface area contributed by atoms with Crippen LogP contribution in [-0.2, 0) is 10.3 Å². The summed E-state index contributed by atoms with van der Waals surface area (Å²) < 4.78 is 33.3. The molecule has 0 spiro atoms. The Morgan fingerprint density at radius 3 is 2.11 bits per heavy atom. The summed E-state index contributed by atoms with van der Waals surface area (Å²) in [6.45, 7) is 2.11. The summed E-state index contributed by atoms with van der Waals surface area (Å²) in [7, 11) is 1.61. The van der Waals surface area contributed by atoms with Crippen molar-refractivity contribution < 1.29 is 33.9 Å². The largest absolute Gasteiger partial charge is 0.497 e. The Labute approximate surface area is 258 Å². The van der Waals surface area contributed by atoms with E-state index in [9.17, 15) is 15.3 Å². The first-order chi connectivity index (χ1) is 21.7. The van der Waals surface area contributed by atoms with Crippen LogP contribution in [0, 0.1) is 0 Å². The molecule has 1 fully saturated rings. The van der Waals surface area contributed by atoms with Gasteiger partial charge in [0.2, 0.25) is 11.8 Å². The molecular formula is C33H34FN5O6. The number of fused-ring (bicyclic) bond motifs is 1. The molecule has 6 rings (SSSR count). The van der Waals surface area contributed by atoms with Crippen LogP contribution in [0.15, 0.2) is 91.3 Å². The van der Waals surface area contributed by atoms with Gasteiger partial charge in [0, 0.05) is 0 Å². The van der Waals surface area contributed by atoms with Crippen LogP contribution in [0.5, 0.6) is 11.6 Å². The summed E-state index contributed by atoms with van der Waals surface area (Å²) in [6.07, 6.45) is -2.25. The number of aliphatic hydroxyl groups is 3. The van der Waals surface area contributed by atoms with Crippen molar-refractivity contribution in [1.29, 1.82) is 0 Å². The fourth-order valence-electron chi connectivity index (χ4n) is 5.86. The van der Waals surface area contributed by atoms with Crippen LogP contribution in [-0.4, -0.2) is 72.7 Å². The molecule has 1 aliphatic heterocycles. The van der Waals surface area contributed by atoms with Gasteiger partial charge in [0.15, 0.2) is 17.4 Å². The number of aromatic nitrogens is 4. The third-order valence-corrected chi connectivity index (χ3v) is 8.14. The Kier molecular flexibility index (Phi) is 7.91. The van der Waals surface area contributed by atoms with Gasteiger partial charge in [-0.25, -0.2) is 9.37 Å². The zero-order valence-electron chi connectivity index (χ0n) is 25.0. The summed E-state index contributed by atoms with van der Waals surface area (Å²) in [5.41, 5.74) is -0.208. The predicted octanol–water partition coefficient (Wildman–Crippen LogP) is 3.94. The van der Waals surface area contributed by atoms with E-state index in [0.29, 0.717) is 5.75 Å². The number of nitrogens with one attached hydrogen (secondary N) is 1. The highest BCUT2D eigenvalue weighted by Crippen LogP contribution is 2.46. The SMILES string of the molecule is CCOc1nc(NC(c2ccccc2)(c2ccccc2)c2ccc(OC)cc2)nc2c1ncn2[C@@H]1O[C@](F)(CO)[C@@H](O)[C@@]1(C)O. The zero-order chi connectivity index (χ0) is 31.8. The Balaban J connectivity index is 1.58. The second-order valence-corrected chi connectivity index (χ2v) is 11.0. The number of ether oxygens (including phenoxy) is 3. The Morgan fingerprint density at radius 1 is 0.978 bits per heavy atom. The summed E-state index contributed by atoms with van der Waals surface area (Å²) in [5.74, 6) is -1.96. The second-order valence-electron chi connectivity index (χ2n) is 11.0. The van der Waals surface area contributed by atoms with E-state index in [2.05, 4.69) is 10.3 Å². The number of methoxy groups -OCH3 is 1. The lowest BCUT2D eigenvalue weighted by atomic mass is 9.77. The van der Waals surface area contributed by atoms with Crippen LogP contribution in [0.4, 0.5) is 10.3 Å². The van der Waals surface area contributed by atoms with Gasteiger partial charge in [-0.15, -0.1) is 0 Å². The van der Waals surface area contributed by atoms with Crippen molar-refractivity contribution in [2.75, 3.05) is 25.6 Å². The van der Waals surface area contributed by atoms with Crippen molar-refractivity contribution >= 4 is 17.1 Å². The van der Waals surface area contributed by atoms with Gasteiger partial charge in [-0.1, -0.05) is 72.8 Å². The molecule has 3 aromatic carbocycles. The Morgan fingerprint density at radius 2 is 1.58 bits per heavy atom. The molecule has 0 bridgehead atoms. The molecule has 12 heteroatoms. The molecular weight excluding hydrogens is 581 g/mol. The summed E-state index contributed by atoms with van der Waals surface area (Å²) in [5, 5.41) is 34.9. The van der Waals surface area contributed by atoms with Crippen LogP contribution in [0.25, 0.3) is 11.2 Å². The molecule has 1 aliphatic rings. The van der Waals surface area contributed by atoms with E-state index >= 15 is 4.39 Å². The maximum absolute atomic E-state index is 15.3. The number of benzene rings is 3. The molecule has 1 saturated heterocycles. The second kappa shape index (κ2) is 11.7. The summed E-state index contributed by atoms with van der Waals surface area (Å²) in [6, 6.07) is 27.3. The van der Waals surface area contributed by atoms with E-state index in [1.165, 1.54) is 17.8 Å². The molecule has 0 unspecified atom stereocenters. The summed E-state index contributed by atoms with van der Waals surface area (Å²) >= 11 is 0. The van der Waals surface area contributed by atoms with Gasteiger partial charge < -0.3 is 34.8 Å². The Bertz CT molecular complexity index is 1730. The first-order valence-electron chi connectivity index (χ1n) is 14.5. The van der Waals surface area contributed by atoms with Crippen molar-refractivity contribution in [3.8, 4) is 11.6 Å². The van der Waals surface area contributed by atoms with Crippen molar-refractivity contribution in [2.24, 2.45) is 0 Å². The molecule has 3 heterocycles. The third kappa shape index (κ3) is 5.05. The first-order valence-corrected chi connectivity index (χ1v) is 14.5. The standard InChI is InChI=1S/C33H34FN5O6/c1-4-44-27-25-26(39(20-35-25)29-31(2,42)28(41)32(34,19-40)45-29)36-30(37-27)38-33(21-11-7-5-8-12-21,22-13-9-6-10-14-22)23-15-17-24(43-3)18-16-23/h5-18,20,28-29,40-42H,4,19H2,1-3H3,(H,36,37,38)/t28-,29+,31+,32+/m0/s1. The molecule has 0 amide bonds. The van der Waals surface area contributed by atoms with Crippen molar-refractivity contribution in [3.05, 3.63) is 108 Å². The van der Waals surface area contributed by atoms with Gasteiger partial charge in [-0.2, -0.15) is 9.97 Å². The lowest BCUT2D eigenvalue weighted by molar-refractivity contribution is -0.206. The average Bonchev–Trinajstić information content (AvgIpc) is 3.57. The number of imidazole rings is 1. The normalized spacial score (nSPS) is 23.3. The van der Waals surface area contributed by atoms with E-state index in [-0.39, 0.29) is 29.6 Å². The van der Waals surface area contributed by atoms with Crippen LogP contribution in [0.1, 0.15) is 36.8 Å². The highest BCUT2D eigenvalue weighted by Gasteiger charge is 2.63. The molecule has 4 N–H and O–H groups in total. The maximum atomic E-state index is 15.3. The van der Waals surface area contributed by atoms with Crippen molar-refractivity contribution in [1.82, 2.24) is 19.5 Å². The van der Waals surface area contributed by atoms with Crippen molar-refractivity contribution in [3.63, 3.8) is 0 Å². The number of hydrogen-bond acceptors (Lipinski definition) is 10. The van der Waals surface area contributed by atoms with Gasteiger partial charge in [-0.05, 0) is 42.7 Å². The van der Waals surface area contributed by atoms with Gasteiger partial charge in [0.25, 0.3) is 5.85 Å². The lowest BCUT2D eigenvalue weighted by Gasteiger charge is -2.37. The van der Waals surface area contributed by atoms with Gasteiger partial charge in [0.05, 0.1) is 20.0 Å². The van der Waals surface area contributed by atoms with Crippen LogP contribution < -0.4 is 14.8 Å². The van der Waals surface area contributed by atoms with E-state index in [4.69, 9.17) is 24.2 Å². The molecule has 2 aromatic heterocycles. The number of aliphatic hydroxyl groups excluding tert-OH is 2. The van der Waals surface area contributed by atoms with E-state index in [1.54, 1.807) is 14.0 Å². The van der Waals surface area contributed by atoms with Gasteiger partial charge in [0.1, 0.15) is 29.6 Å². The number of rotatable bonds is 10. The molecule has 0 radical (unpaired) electrons. The molecule has 11 nitrogen and oxygen atoms in total. The van der Waals surface area contributed by atoms with Crippen LogP contribution in [0.2, 0.25) is 0 Å². The van der Waals surface area contributed by atoms with Crippen molar-refractivity contribution in [2.45, 2.75) is 43.2 Å². The molecule has 0 aliphatic carbocycles. The quantitative estimate of drug-likeness (QED) is 0.171. The topological polar surface area (TPSA) is 144 Å². The monoisotopic (exact) mass is 615 g/mol. The molecule has 0 saturated carbocycles. The fourth-order valence-corrected chi connectivity index (χ4v) is 5.86. The smallest absolute Gasteiger partial charge is 0.263 e. The summed E-state index contributed by atoms with van der Waals surface area (Å²) in [4.78, 5) is 13.9. The number of alkyl halides is 1. The fraction of sp³-hybridized carbons (Fsp3) is 0.303. The number of nitrogens with zero attached hydrogens (tertiary/aromatic N) is 4.